The number of hydrogen-bond donors (Lipinski definition) is 34. The molecule has 0 unspecified atom stereocenters. The maximum absolute atomic E-state index is 16.0. The Hall–Kier alpha value is -13.7. The number of rotatable bonds is 47. The summed E-state index contributed by atoms with van der Waals surface area (Å²) in [6.07, 6.45) is 1.06. The number of fused-ring (bicyclic) bond motifs is 2. The molecule has 0 bridgehead atoms. The van der Waals surface area contributed by atoms with Gasteiger partial charge in [-0.05, 0) is 201 Å². The highest BCUT2D eigenvalue weighted by Crippen LogP contribution is 2.27. The van der Waals surface area contributed by atoms with E-state index in [2.05, 4.69) is 95.4 Å². The van der Waals surface area contributed by atoms with Gasteiger partial charge in [0, 0.05) is 87.1 Å². The summed E-state index contributed by atoms with van der Waals surface area (Å²) in [4.78, 5) is 228. The van der Waals surface area contributed by atoms with Crippen LogP contribution >= 0.6 is 21.6 Å². The fourth-order valence-corrected chi connectivity index (χ4v) is 17.7. The molecule has 2 aliphatic rings. The molecule has 15 amide bonds. The minimum absolute atomic E-state index is 0.000810. The molecule has 2 aliphatic heterocycles. The van der Waals surface area contributed by atoms with Crippen LogP contribution in [0.1, 0.15) is 152 Å². The summed E-state index contributed by atoms with van der Waals surface area (Å²) in [6, 6.07) is -5.36. The number of phenolic OH excluding ortho intramolecular Hbond substituents is 2. The monoisotopic (exact) mass is 2000 g/mol. The number of urea groups is 1. The summed E-state index contributed by atoms with van der Waals surface area (Å²) in [5.41, 5.74) is 53.7. The van der Waals surface area contributed by atoms with Crippen LogP contribution in [0.2, 0.25) is 0 Å². The van der Waals surface area contributed by atoms with E-state index in [1.807, 2.05) is 0 Å². The number of H-pyrrole nitrogens is 1. The number of carbonyl (C=O) groups excluding carboxylic acids is 14. The molecule has 50 nitrogen and oxygen atoms in total. The van der Waals surface area contributed by atoms with E-state index >= 15 is 57.5 Å². The first-order chi connectivity index (χ1) is 66.9. The topological polar surface area (TPSA) is 870 Å². The maximum atomic E-state index is 16.0. The smallest absolute Gasteiger partial charge is 0.326 e. The predicted octanol–water partition coefficient (Wildman–Crippen LogP) is -5.89. The third-order valence-electron chi connectivity index (χ3n) is 22.9. The predicted molar refractivity (Wildman–Crippen MR) is 526 cm³/mol. The fraction of sp³-hybridized carbons (Fsp3) is 0.557. The van der Waals surface area contributed by atoms with Crippen molar-refractivity contribution in [3.63, 3.8) is 0 Å². The molecule has 3 heterocycles. The Labute approximate surface area is 818 Å². The van der Waals surface area contributed by atoms with Crippen LogP contribution < -0.4 is 142 Å². The zero-order chi connectivity index (χ0) is 103. The van der Waals surface area contributed by atoms with Crippen molar-refractivity contribution in [2.45, 2.75) is 239 Å². The van der Waals surface area contributed by atoms with Crippen molar-refractivity contribution in [2.24, 2.45) is 51.6 Å². The summed E-state index contributed by atoms with van der Waals surface area (Å²) in [6.45, 7) is 0.250. The standard InChI is InChI=1S/C88H140N32O18S2/c89-34-6-3-18-57-73(126)113-62(20-5-8-36-91)82(135)120-42-14-25-69(120)81(134)117-65(44-50-28-32-53(122)33-29-50)77(130)112-61(22-11-39-104-86(97)98)72(125)110-58(19-4-7-35-90)75(128)118-67(79(132)114-63(83(136)137)24-13-40-105-87(99)100)47-139-140-48-68(80(133)115-64(43-49-26-30-52(121)31-27-49)76(129)111-60(71(124)109-57)21-10-38-103-85(95)96)119-78(131)66(45-51-46-107-56-17-2-1-15-54(51)56)116-74(127)59(23-12-41-106-88(101)138)108-70(123)55(92)16-9-37-102-84(93)94/h1-2,15,17,26-33,46,55,57-69,107,121-122H,3-14,16,18-25,34-45,47-48,89-92H2,(H,108,123)(H,109,124)(H,110,125)(H,111,129)(H,112,130)(H,113,126)(H,114,132)(H,115,133)(H,116,127)(H,117,134)(H,118,128)(H,119,131)(H,136,137)(H4,93,94,102)(H4,95,96,103)(H4,97,98,104)(H4,99,100,105)(H3,101,106,138)/t55-,57-,58-,59-,60-,61-,62+,63-,64-,65-,66-,67-,68-,69-/m0/s1. The van der Waals surface area contributed by atoms with Crippen LogP contribution in [-0.4, -0.2) is 293 Å². The Balaban J connectivity index is 1.60. The first-order valence-electron chi connectivity index (χ1n) is 46.6. The molecule has 6 rings (SSSR count). The summed E-state index contributed by atoms with van der Waals surface area (Å²) in [5.74, 6) is -17.5. The number of nitrogens with one attached hydrogen (secondary N) is 22. The number of nitrogens with two attached hydrogens (primary N) is 9. The number of hydrogen-bond acceptors (Lipinski definition) is 27. The van der Waals surface area contributed by atoms with Gasteiger partial charge in [-0.1, -0.05) is 64.1 Å². The Morgan fingerprint density at radius 2 is 0.857 bits per heavy atom. The van der Waals surface area contributed by atoms with Crippen LogP contribution in [0, 0.1) is 21.6 Å². The van der Waals surface area contributed by atoms with E-state index in [4.69, 9.17) is 73.2 Å². The van der Waals surface area contributed by atoms with Crippen molar-refractivity contribution in [2.75, 3.05) is 70.4 Å². The molecular formula is C88H140N32O18S2. The van der Waals surface area contributed by atoms with Gasteiger partial charge < -0.3 is 167 Å². The first kappa shape index (κ1) is 115. The van der Waals surface area contributed by atoms with Crippen LogP contribution in [0.15, 0.2) is 79.0 Å². The van der Waals surface area contributed by atoms with Gasteiger partial charge in [-0.15, -0.1) is 0 Å². The summed E-state index contributed by atoms with van der Waals surface area (Å²) in [7, 11) is 1.52. The highest BCUT2D eigenvalue weighted by Gasteiger charge is 2.43. The number of carboxylic acids is 1. The Morgan fingerprint density at radius 3 is 1.34 bits per heavy atom. The second-order valence-electron chi connectivity index (χ2n) is 34.0. The van der Waals surface area contributed by atoms with Gasteiger partial charge in [0.2, 0.25) is 76.8 Å². The van der Waals surface area contributed by atoms with E-state index < -0.39 is 209 Å². The number of guanidine groups is 4. The van der Waals surface area contributed by atoms with Gasteiger partial charge in [-0.25, -0.2) is 9.59 Å². The van der Waals surface area contributed by atoms with Crippen LogP contribution in [-0.2, 0) is 86.4 Å². The zero-order valence-corrected chi connectivity index (χ0v) is 79.9. The van der Waals surface area contributed by atoms with Crippen molar-refractivity contribution in [1.29, 1.82) is 21.6 Å². The number of amides is 15. The van der Waals surface area contributed by atoms with Gasteiger partial charge in [-0.2, -0.15) is 0 Å². The molecule has 43 N–H and O–H groups in total. The average molecular weight is 2000 g/mol. The summed E-state index contributed by atoms with van der Waals surface area (Å²) in [5, 5.41) is 108. The first-order valence-corrected chi connectivity index (χ1v) is 49.1. The lowest BCUT2D eigenvalue weighted by atomic mass is 10.0. The molecule has 52 heteroatoms. The van der Waals surface area contributed by atoms with Crippen LogP contribution in [0.3, 0.4) is 0 Å². The number of phenols is 2. The molecule has 3 aromatic carbocycles. The number of aromatic amines is 1. The quantitative estimate of drug-likeness (QED) is 0.00848. The van der Waals surface area contributed by atoms with Crippen molar-refractivity contribution in [3.8, 4) is 11.5 Å². The van der Waals surface area contributed by atoms with Gasteiger partial charge in [0.05, 0.1) is 6.04 Å². The van der Waals surface area contributed by atoms with Gasteiger partial charge in [0.1, 0.15) is 90.0 Å². The molecule has 1 aromatic heterocycles. The number of aromatic nitrogens is 1. The highest BCUT2D eigenvalue weighted by atomic mass is 33.1. The normalized spacial score (nSPS) is 20.5. The third kappa shape index (κ3) is 41.5. The van der Waals surface area contributed by atoms with Crippen molar-refractivity contribution in [3.05, 3.63) is 95.7 Å². The maximum Gasteiger partial charge on any atom is 0.326 e. The molecular weight excluding hydrogens is 1860 g/mol. The lowest BCUT2D eigenvalue weighted by Gasteiger charge is -2.31. The molecule has 0 aliphatic carbocycles. The molecule has 0 radical (unpaired) electrons. The number of aromatic hydroxyl groups is 2. The molecule has 2 fully saturated rings. The van der Waals surface area contributed by atoms with Gasteiger partial charge in [-0.3, -0.25) is 84.0 Å². The molecule has 4 aromatic rings. The number of carbonyl (C=O) groups is 15. The minimum Gasteiger partial charge on any atom is -0.508 e. The van der Waals surface area contributed by atoms with E-state index in [9.17, 15) is 29.7 Å². The minimum atomic E-state index is -1.89. The van der Waals surface area contributed by atoms with Crippen molar-refractivity contribution >= 4 is 145 Å². The molecule has 140 heavy (non-hydrogen) atoms. The molecule has 0 saturated carbocycles. The molecule has 0 spiro atoms. The van der Waals surface area contributed by atoms with Crippen molar-refractivity contribution < 1.29 is 87.2 Å². The van der Waals surface area contributed by atoms with E-state index in [0.29, 0.717) is 34.9 Å². The number of aliphatic carboxylic acids is 1. The number of carboxylic acid groups (broad SMARTS) is 1. The number of para-hydroxylation sites is 1. The lowest BCUT2D eigenvalue weighted by Crippen LogP contribution is -2.61. The highest BCUT2D eigenvalue weighted by molar-refractivity contribution is 8.76. The van der Waals surface area contributed by atoms with Crippen molar-refractivity contribution in [1.82, 2.24) is 100 Å². The van der Waals surface area contributed by atoms with E-state index in [1.165, 1.54) is 53.4 Å². The van der Waals surface area contributed by atoms with Gasteiger partial charge in [0.15, 0.2) is 23.8 Å². The Morgan fingerprint density at radius 1 is 0.443 bits per heavy atom. The number of primary amides is 1. The second kappa shape index (κ2) is 61.6. The molecule has 772 valence electrons. The number of nitrogens with zero attached hydrogens (tertiary/aromatic N) is 1. The van der Waals surface area contributed by atoms with Crippen LogP contribution in [0.5, 0.6) is 11.5 Å². The van der Waals surface area contributed by atoms with E-state index in [1.54, 1.807) is 30.5 Å². The molecule has 14 atom stereocenters. The second-order valence-corrected chi connectivity index (χ2v) is 36.5. The Bertz CT molecular complexity index is 4810. The zero-order valence-electron chi connectivity index (χ0n) is 78.3. The van der Waals surface area contributed by atoms with Crippen LogP contribution in [0.4, 0.5) is 4.79 Å². The lowest BCUT2D eigenvalue weighted by molar-refractivity contribution is -0.142. The third-order valence-corrected chi connectivity index (χ3v) is 25.3. The van der Waals surface area contributed by atoms with Crippen LogP contribution in [0.25, 0.3) is 10.9 Å². The summed E-state index contributed by atoms with van der Waals surface area (Å²) >= 11 is 0. The van der Waals surface area contributed by atoms with Gasteiger partial charge in [0.25, 0.3) is 0 Å². The molecule has 2 saturated heterocycles. The number of benzene rings is 3. The largest absolute Gasteiger partial charge is 0.508 e. The van der Waals surface area contributed by atoms with E-state index in [0.717, 1.165) is 21.6 Å². The van der Waals surface area contributed by atoms with Gasteiger partial charge >= 0.3 is 12.0 Å². The number of unbranched alkanes of at least 4 members (excludes halogenated alkanes) is 3. The Kier molecular flexibility index (Phi) is 50.6. The van der Waals surface area contributed by atoms with E-state index in [-0.39, 0.29) is 217 Å². The fourth-order valence-electron chi connectivity index (χ4n) is 15.4. The SMILES string of the molecule is N=C(N)NCCC[C@H](NC(=O)[C@@H]1CSSC[C@H](NC(=O)[C@H](Cc2c[nH]c3ccccc23)NC(=O)[C@H](CCCNC(N)=O)NC(=O)[C@@H](N)CCCNC(=N)N)C(=O)N[C@@H](Cc2ccc(O)cc2)C(=O)N[C@@H](CCCNC(=N)N)C(=O)N[C@@H](CCCCN)C(=O)N[C@H](CCCCN)C(=O)N2CCC[C@H]2C(=O)N[C@@H](Cc2ccc(O)cc2)C(=O)N[C@@H](CCCNC(=N)N)C(=O)N[C@@H](CCCCN)C(=O)N1)C(=O)O. The summed E-state index contributed by atoms with van der Waals surface area (Å²) < 4.78 is 0. The average Bonchev–Trinajstić information content (AvgIpc) is 1.66.